The first-order valence-corrected chi connectivity index (χ1v) is 20.0. The van der Waals surface area contributed by atoms with Gasteiger partial charge in [-0.05, 0) is 98.7 Å². The number of benzene rings is 2. The van der Waals surface area contributed by atoms with Crippen LogP contribution in [0.2, 0.25) is 0 Å². The van der Waals surface area contributed by atoms with Crippen LogP contribution < -0.4 is 26.4 Å². The van der Waals surface area contributed by atoms with Gasteiger partial charge in [-0.2, -0.15) is 4.98 Å². The van der Waals surface area contributed by atoms with Crippen LogP contribution >= 0.6 is 0 Å². The molecule has 2 aliphatic heterocycles. The van der Waals surface area contributed by atoms with Crippen LogP contribution in [0, 0.1) is 0 Å². The van der Waals surface area contributed by atoms with E-state index in [1.807, 2.05) is 47.1 Å². The molecule has 13 nitrogen and oxygen atoms in total. The fourth-order valence-corrected chi connectivity index (χ4v) is 8.30. The molecule has 290 valence electrons. The number of aryl methyl sites for hydroxylation is 1. The first-order chi connectivity index (χ1) is 27.4. The molecule has 13 heteroatoms. The number of imide groups is 1. The minimum atomic E-state index is -0.250. The van der Waals surface area contributed by atoms with Gasteiger partial charge in [0.05, 0.1) is 12.5 Å². The Morgan fingerprint density at radius 3 is 2.43 bits per heavy atom. The Hall–Kier alpha value is -5.82. The fourth-order valence-electron chi connectivity index (χ4n) is 8.30. The summed E-state index contributed by atoms with van der Waals surface area (Å²) >= 11 is 0. The van der Waals surface area contributed by atoms with Crippen LogP contribution in [-0.4, -0.2) is 80.3 Å². The van der Waals surface area contributed by atoms with Gasteiger partial charge in [0.25, 0.3) is 5.56 Å². The first-order valence-electron chi connectivity index (χ1n) is 20.0. The maximum Gasteiger partial charge on any atom is 0.278 e. The van der Waals surface area contributed by atoms with Gasteiger partial charge in [0.2, 0.25) is 17.8 Å². The summed E-state index contributed by atoms with van der Waals surface area (Å²) in [5.74, 6) is 0.880. The summed E-state index contributed by atoms with van der Waals surface area (Å²) in [5, 5.41) is 9.73. The Morgan fingerprint density at radius 1 is 0.893 bits per heavy atom. The average molecular weight is 755 g/mol. The minimum absolute atomic E-state index is 0.171. The van der Waals surface area contributed by atoms with Crippen LogP contribution in [0.4, 0.5) is 23.0 Å². The van der Waals surface area contributed by atoms with E-state index in [4.69, 9.17) is 9.97 Å². The number of carbonyl (C=O) groups excluding carboxylic acids is 2. The Bertz CT molecular complexity index is 2270. The molecule has 3 aliphatic rings. The molecule has 2 amide bonds. The molecule has 0 spiro atoms. The zero-order valence-electron chi connectivity index (χ0n) is 32.0. The molecule has 5 aromatic rings. The van der Waals surface area contributed by atoms with Crippen LogP contribution in [0.3, 0.4) is 0 Å². The predicted molar refractivity (Wildman–Crippen MR) is 220 cm³/mol. The molecule has 5 heterocycles. The molecule has 2 saturated heterocycles. The van der Waals surface area contributed by atoms with E-state index in [-0.39, 0.29) is 23.3 Å². The maximum atomic E-state index is 13.5. The molecule has 0 saturated carbocycles. The van der Waals surface area contributed by atoms with Crippen molar-refractivity contribution in [2.24, 2.45) is 0 Å². The summed E-state index contributed by atoms with van der Waals surface area (Å²) in [5.41, 5.74) is 6.79. The Balaban J connectivity index is 0.825. The summed E-state index contributed by atoms with van der Waals surface area (Å²) < 4.78 is 3.44. The SMILES string of the molecule is C=CCn1c(=O)c2cnc(Nc3ccc(N4CCN(CCCCNc5ccc(C6CCC(=O)NC6=O)cc5)CC4)cc3)nc2n1-c1ccc2c(n1)C(CC)CC2. The number of fused-ring (bicyclic) bond motifs is 2. The van der Waals surface area contributed by atoms with Crippen molar-refractivity contribution in [3.05, 3.63) is 107 Å². The second-order valence-corrected chi connectivity index (χ2v) is 15.0. The number of rotatable bonds is 14. The third-order valence-electron chi connectivity index (χ3n) is 11.5. The van der Waals surface area contributed by atoms with Crippen molar-refractivity contribution >= 4 is 45.9 Å². The summed E-state index contributed by atoms with van der Waals surface area (Å²) in [6.45, 7) is 12.4. The van der Waals surface area contributed by atoms with Crippen molar-refractivity contribution in [2.45, 2.75) is 70.3 Å². The number of amides is 2. The number of unbranched alkanes of at least 4 members (excludes halogenated alkanes) is 1. The number of piperidine rings is 1. The maximum absolute atomic E-state index is 13.5. The topological polar surface area (TPSA) is 142 Å². The minimum Gasteiger partial charge on any atom is -0.385 e. The van der Waals surface area contributed by atoms with E-state index in [1.165, 1.54) is 11.3 Å². The van der Waals surface area contributed by atoms with Gasteiger partial charge in [-0.1, -0.05) is 31.2 Å². The molecular formula is C43H50N10O3. The number of hydrogen-bond acceptors (Lipinski definition) is 10. The molecule has 2 fully saturated rings. The lowest BCUT2D eigenvalue weighted by Crippen LogP contribution is -2.46. The second kappa shape index (κ2) is 16.5. The number of anilines is 4. The van der Waals surface area contributed by atoms with E-state index < -0.39 is 0 Å². The van der Waals surface area contributed by atoms with E-state index >= 15 is 0 Å². The molecule has 8 rings (SSSR count). The van der Waals surface area contributed by atoms with Gasteiger partial charge in [0, 0.05) is 74.0 Å². The highest BCUT2D eigenvalue weighted by Crippen LogP contribution is 2.35. The third-order valence-corrected chi connectivity index (χ3v) is 11.5. The predicted octanol–water partition coefficient (Wildman–Crippen LogP) is 5.88. The van der Waals surface area contributed by atoms with E-state index in [0.717, 1.165) is 94.0 Å². The van der Waals surface area contributed by atoms with Crippen molar-refractivity contribution < 1.29 is 9.59 Å². The third kappa shape index (κ3) is 7.81. The Kier molecular flexibility index (Phi) is 10.9. The number of aromatic nitrogens is 5. The van der Waals surface area contributed by atoms with Crippen LogP contribution in [0.15, 0.2) is 84.3 Å². The van der Waals surface area contributed by atoms with E-state index in [0.29, 0.717) is 48.1 Å². The van der Waals surface area contributed by atoms with Crippen LogP contribution in [-0.2, 0) is 22.6 Å². The monoisotopic (exact) mass is 754 g/mol. The van der Waals surface area contributed by atoms with Gasteiger partial charge in [-0.3, -0.25) is 24.6 Å². The smallest absolute Gasteiger partial charge is 0.278 e. The summed E-state index contributed by atoms with van der Waals surface area (Å²) in [6, 6.07) is 20.5. The largest absolute Gasteiger partial charge is 0.385 e. The Labute approximate surface area is 326 Å². The van der Waals surface area contributed by atoms with E-state index in [1.54, 1.807) is 17.0 Å². The molecular weight excluding hydrogens is 705 g/mol. The van der Waals surface area contributed by atoms with Crippen molar-refractivity contribution in [3.8, 4) is 5.82 Å². The van der Waals surface area contributed by atoms with Crippen LogP contribution in [0.5, 0.6) is 0 Å². The first kappa shape index (κ1) is 37.1. The molecule has 2 unspecified atom stereocenters. The highest BCUT2D eigenvalue weighted by atomic mass is 16.2. The molecule has 56 heavy (non-hydrogen) atoms. The van der Waals surface area contributed by atoms with Crippen LogP contribution in [0.1, 0.15) is 74.1 Å². The van der Waals surface area contributed by atoms with Crippen molar-refractivity contribution in [1.29, 1.82) is 0 Å². The number of carbonyl (C=O) groups is 2. The van der Waals surface area contributed by atoms with Crippen molar-refractivity contribution in [3.63, 3.8) is 0 Å². The molecule has 2 atom stereocenters. The zero-order chi connectivity index (χ0) is 38.6. The fraction of sp³-hybridized carbons (Fsp3) is 0.395. The van der Waals surface area contributed by atoms with E-state index in [9.17, 15) is 14.4 Å². The number of allylic oxidation sites excluding steroid dienone is 1. The summed E-state index contributed by atoms with van der Waals surface area (Å²) in [6.07, 6.45) is 9.64. The summed E-state index contributed by atoms with van der Waals surface area (Å²) in [7, 11) is 0. The molecule has 3 N–H and O–H groups in total. The van der Waals surface area contributed by atoms with Gasteiger partial charge >= 0.3 is 0 Å². The highest BCUT2D eigenvalue weighted by molar-refractivity contribution is 6.01. The number of pyridine rings is 1. The van der Waals surface area contributed by atoms with E-state index in [2.05, 4.69) is 62.4 Å². The molecule has 2 aromatic carbocycles. The van der Waals surface area contributed by atoms with Gasteiger partial charge in [0.1, 0.15) is 5.39 Å². The van der Waals surface area contributed by atoms with Gasteiger partial charge in [0.15, 0.2) is 11.5 Å². The standard InChI is InChI=1S/C43H50N10O3/c1-3-22-52-42(56)36-28-45-43(49-40(36)53(52)37-19-11-31-8-7-29(4-2)39(31)47-37)46-33-14-16-34(17-15-33)51-26-24-50(25-27-51)23-6-5-21-44-32-12-9-30(10-13-32)35-18-20-38(54)48-41(35)55/h3,9-17,19,28-29,35,44H,1,4-8,18,20-27H2,2H3,(H,45,46,49)(H,48,54,55). The highest BCUT2D eigenvalue weighted by Gasteiger charge is 2.28. The number of piperazine rings is 1. The summed E-state index contributed by atoms with van der Waals surface area (Å²) in [4.78, 5) is 56.5. The molecule has 0 bridgehead atoms. The lowest BCUT2D eigenvalue weighted by molar-refractivity contribution is -0.134. The lowest BCUT2D eigenvalue weighted by atomic mass is 9.90. The van der Waals surface area contributed by atoms with Crippen molar-refractivity contribution in [1.82, 2.24) is 34.5 Å². The second-order valence-electron chi connectivity index (χ2n) is 15.0. The van der Waals surface area contributed by atoms with Crippen LogP contribution in [0.25, 0.3) is 16.9 Å². The van der Waals surface area contributed by atoms with Gasteiger partial charge in [-0.25, -0.2) is 19.3 Å². The zero-order valence-corrected chi connectivity index (χ0v) is 32.0. The Morgan fingerprint density at radius 2 is 1.68 bits per heavy atom. The van der Waals surface area contributed by atoms with Gasteiger partial charge in [-0.15, -0.1) is 6.58 Å². The van der Waals surface area contributed by atoms with Crippen molar-refractivity contribution in [2.75, 3.05) is 54.8 Å². The molecule has 0 radical (unpaired) electrons. The average Bonchev–Trinajstić information content (AvgIpc) is 3.75. The number of nitrogens with one attached hydrogen (secondary N) is 3. The number of nitrogens with zero attached hydrogens (tertiary/aromatic N) is 7. The molecule has 3 aromatic heterocycles. The molecule has 1 aliphatic carbocycles. The number of hydrogen-bond donors (Lipinski definition) is 3. The quantitative estimate of drug-likeness (QED) is 0.0715. The normalized spacial score (nSPS) is 18.6. The lowest BCUT2D eigenvalue weighted by Gasteiger charge is -2.36. The van der Waals surface area contributed by atoms with Gasteiger partial charge < -0.3 is 15.5 Å².